The summed E-state index contributed by atoms with van der Waals surface area (Å²) in [5.41, 5.74) is 4.59. The Kier molecular flexibility index (Phi) is 1.79. The van der Waals surface area contributed by atoms with E-state index in [1.54, 1.807) is 0 Å². The summed E-state index contributed by atoms with van der Waals surface area (Å²) >= 11 is 0. The van der Waals surface area contributed by atoms with Gasteiger partial charge < -0.3 is 5.73 Å². The smallest absolute Gasteiger partial charge is 0.289 e. The zero-order valence-electron chi connectivity index (χ0n) is 3.40. The molecule has 0 amide bonds. The summed E-state index contributed by atoms with van der Waals surface area (Å²) in [6.07, 6.45) is 0.745. The van der Waals surface area contributed by atoms with Crippen molar-refractivity contribution >= 4 is 10.1 Å². The predicted molar refractivity (Wildman–Crippen MR) is 24.9 cm³/mol. The molecule has 5 heteroatoms. The van der Waals surface area contributed by atoms with Crippen molar-refractivity contribution in [3.05, 3.63) is 11.6 Å². The lowest BCUT2D eigenvalue weighted by Crippen LogP contribution is -1.91. The summed E-state index contributed by atoms with van der Waals surface area (Å²) < 4.78 is 27.1. The van der Waals surface area contributed by atoms with Gasteiger partial charge in [0, 0.05) is 6.20 Å². The molecule has 0 atom stereocenters. The Morgan fingerprint density at radius 3 is 2.00 bits per heavy atom. The average molecular weight is 123 g/mol. The minimum Gasteiger partial charge on any atom is -0.404 e. The second-order valence-electron chi connectivity index (χ2n) is 0.844. The van der Waals surface area contributed by atoms with Crippen LogP contribution in [0.3, 0.4) is 0 Å². The summed E-state index contributed by atoms with van der Waals surface area (Å²) in [5.74, 6) is 0. The van der Waals surface area contributed by atoms with Gasteiger partial charge in [-0.1, -0.05) is 0 Å². The fourth-order valence-electron chi connectivity index (χ4n) is 0.0993. The Balaban J connectivity index is 4.13. The van der Waals surface area contributed by atoms with Crippen molar-refractivity contribution in [1.82, 2.24) is 0 Å². The molecule has 0 aromatic heterocycles. The molecule has 4 nitrogen and oxygen atoms in total. The van der Waals surface area contributed by atoms with Gasteiger partial charge in [-0.15, -0.1) is 0 Å². The highest BCUT2D eigenvalue weighted by Gasteiger charge is 1.90. The van der Waals surface area contributed by atoms with Crippen LogP contribution in [0.1, 0.15) is 0 Å². The molecule has 0 spiro atoms. The number of hydrogen-bond donors (Lipinski definition) is 2. The predicted octanol–water partition coefficient (Wildman–Crippen LogP) is -0.696. The maximum Gasteiger partial charge on any atom is 0.289 e. The quantitative estimate of drug-likeness (QED) is 0.452. The topological polar surface area (TPSA) is 80.4 Å². The van der Waals surface area contributed by atoms with Crippen LogP contribution in [0, 0.1) is 0 Å². The van der Waals surface area contributed by atoms with E-state index < -0.39 is 10.1 Å². The Labute approximate surface area is 41.4 Å². The van der Waals surface area contributed by atoms with E-state index in [1.165, 1.54) is 0 Å². The molecule has 0 aromatic carbocycles. The fraction of sp³-hybridized carbons (Fsp3) is 0. The molecule has 0 aliphatic heterocycles. The molecular weight excluding hydrogens is 118 g/mol. The van der Waals surface area contributed by atoms with E-state index in [0.717, 1.165) is 6.20 Å². The largest absolute Gasteiger partial charge is 0.404 e. The van der Waals surface area contributed by atoms with Crippen LogP contribution in [-0.4, -0.2) is 13.0 Å². The van der Waals surface area contributed by atoms with Crippen LogP contribution in [0.4, 0.5) is 0 Å². The highest BCUT2D eigenvalue weighted by molar-refractivity contribution is 7.88. The molecule has 3 N–H and O–H groups in total. The maximum absolute atomic E-state index is 9.62. The Morgan fingerprint density at radius 1 is 1.57 bits per heavy atom. The summed E-state index contributed by atoms with van der Waals surface area (Å²) in [4.78, 5) is 0. The van der Waals surface area contributed by atoms with E-state index in [9.17, 15) is 8.42 Å². The van der Waals surface area contributed by atoms with Gasteiger partial charge in [-0.2, -0.15) is 8.42 Å². The molecule has 0 fully saturated rings. The van der Waals surface area contributed by atoms with Crippen molar-refractivity contribution in [1.29, 1.82) is 0 Å². The molecule has 0 heterocycles. The molecular formula is C2H5NO3S. The minimum absolute atomic E-state index is 0.493. The second kappa shape index (κ2) is 1.94. The van der Waals surface area contributed by atoms with Crippen LogP contribution in [0.2, 0.25) is 0 Å². The first-order chi connectivity index (χ1) is 3.06. The molecule has 0 aromatic rings. The van der Waals surface area contributed by atoms with Gasteiger partial charge in [0.05, 0.1) is 5.41 Å². The van der Waals surface area contributed by atoms with Gasteiger partial charge in [0.15, 0.2) is 0 Å². The van der Waals surface area contributed by atoms with Gasteiger partial charge in [-0.05, 0) is 0 Å². The van der Waals surface area contributed by atoms with Crippen molar-refractivity contribution < 1.29 is 13.0 Å². The molecule has 0 rings (SSSR count). The molecule has 0 aliphatic rings. The summed E-state index contributed by atoms with van der Waals surface area (Å²) in [7, 11) is -3.98. The molecule has 0 bridgehead atoms. The normalized spacial score (nSPS) is 12.7. The van der Waals surface area contributed by atoms with E-state index in [1.807, 2.05) is 0 Å². The highest BCUT2D eigenvalue weighted by atomic mass is 32.2. The minimum atomic E-state index is -3.98. The van der Waals surface area contributed by atoms with Crippen molar-refractivity contribution in [3.63, 3.8) is 0 Å². The van der Waals surface area contributed by atoms with Crippen molar-refractivity contribution in [2.45, 2.75) is 0 Å². The summed E-state index contributed by atoms with van der Waals surface area (Å²) in [6, 6.07) is 0. The van der Waals surface area contributed by atoms with Crippen LogP contribution < -0.4 is 5.73 Å². The molecule has 0 aliphatic carbocycles. The number of rotatable bonds is 1. The van der Waals surface area contributed by atoms with Crippen LogP contribution in [0.15, 0.2) is 11.6 Å². The van der Waals surface area contributed by atoms with E-state index in [4.69, 9.17) is 4.55 Å². The monoisotopic (exact) mass is 123 g/mol. The number of nitrogens with two attached hydrogens (primary N) is 1. The van der Waals surface area contributed by atoms with Gasteiger partial charge in [-0.3, -0.25) is 4.55 Å². The molecule has 0 radical (unpaired) electrons. The lowest BCUT2D eigenvalue weighted by Gasteiger charge is -1.76. The Bertz CT molecular complexity index is 156. The first-order valence-corrected chi connectivity index (χ1v) is 2.92. The third-order valence-electron chi connectivity index (χ3n) is 0.251. The van der Waals surface area contributed by atoms with Crippen LogP contribution >= 0.6 is 0 Å². The maximum atomic E-state index is 9.62. The van der Waals surface area contributed by atoms with E-state index >= 15 is 0 Å². The van der Waals surface area contributed by atoms with E-state index in [-0.39, 0.29) is 0 Å². The first kappa shape index (κ1) is 6.45. The van der Waals surface area contributed by atoms with E-state index in [0.29, 0.717) is 5.41 Å². The van der Waals surface area contributed by atoms with Crippen molar-refractivity contribution in [3.8, 4) is 0 Å². The molecule has 0 saturated carbocycles. The Morgan fingerprint density at radius 2 is 2.00 bits per heavy atom. The molecule has 0 unspecified atom stereocenters. The summed E-state index contributed by atoms with van der Waals surface area (Å²) in [6.45, 7) is 0. The van der Waals surface area contributed by atoms with E-state index in [2.05, 4.69) is 5.73 Å². The lowest BCUT2D eigenvalue weighted by atomic mass is 11.1. The SMILES string of the molecule is N/C=C/S(=O)(=O)O. The van der Waals surface area contributed by atoms with Gasteiger partial charge in [0.25, 0.3) is 10.1 Å². The van der Waals surface area contributed by atoms with Crippen LogP contribution in [0.5, 0.6) is 0 Å². The average Bonchev–Trinajstić information content (AvgIpc) is 1.30. The van der Waals surface area contributed by atoms with Gasteiger partial charge in [0.2, 0.25) is 0 Å². The van der Waals surface area contributed by atoms with Crippen molar-refractivity contribution in [2.75, 3.05) is 0 Å². The third-order valence-corrected chi connectivity index (χ3v) is 0.752. The third kappa shape index (κ3) is 5.45. The second-order valence-corrected chi connectivity index (χ2v) is 2.15. The van der Waals surface area contributed by atoms with Crippen LogP contribution in [-0.2, 0) is 10.1 Å². The van der Waals surface area contributed by atoms with Crippen LogP contribution in [0.25, 0.3) is 0 Å². The van der Waals surface area contributed by atoms with Gasteiger partial charge in [-0.25, -0.2) is 0 Å². The molecule has 7 heavy (non-hydrogen) atoms. The molecule has 0 saturated heterocycles. The lowest BCUT2D eigenvalue weighted by molar-refractivity contribution is 0.494. The first-order valence-electron chi connectivity index (χ1n) is 1.42. The number of hydrogen-bond acceptors (Lipinski definition) is 3. The zero-order chi connectivity index (χ0) is 5.91. The van der Waals surface area contributed by atoms with Gasteiger partial charge in [0.1, 0.15) is 0 Å². The summed E-state index contributed by atoms with van der Waals surface area (Å²) in [5, 5.41) is 0.493. The van der Waals surface area contributed by atoms with Gasteiger partial charge >= 0.3 is 0 Å². The Hall–Kier alpha value is -0.550. The highest BCUT2D eigenvalue weighted by Crippen LogP contribution is 1.78. The standard InChI is InChI=1S/C2H5NO3S/c3-1-2-7(4,5)6/h1-2H,3H2,(H,4,5,6)/b2-1+. The van der Waals surface area contributed by atoms with Crippen molar-refractivity contribution in [2.24, 2.45) is 5.73 Å². The zero-order valence-corrected chi connectivity index (χ0v) is 4.22. The fourth-order valence-corrected chi connectivity index (χ4v) is 0.298. The molecule has 42 valence electrons.